The van der Waals surface area contributed by atoms with Gasteiger partial charge in [-0.25, -0.2) is 0 Å². The number of nitrogens with one attached hydrogen (secondary N) is 1. The van der Waals surface area contributed by atoms with Crippen molar-refractivity contribution in [2.45, 2.75) is 26.4 Å². The second-order valence-electron chi connectivity index (χ2n) is 4.86. The van der Waals surface area contributed by atoms with Crippen molar-refractivity contribution in [2.75, 3.05) is 27.9 Å². The van der Waals surface area contributed by atoms with Gasteiger partial charge >= 0.3 is 0 Å². The van der Waals surface area contributed by atoms with Gasteiger partial charge in [-0.05, 0) is 24.1 Å². The molecule has 19 heavy (non-hydrogen) atoms. The first-order valence-electron chi connectivity index (χ1n) is 6.55. The van der Waals surface area contributed by atoms with Crippen molar-refractivity contribution in [3.63, 3.8) is 0 Å². The Balaban J connectivity index is 2.74. The minimum Gasteiger partial charge on any atom is -0.497 e. The molecule has 0 spiro atoms. The maximum atomic E-state index is 5.37. The summed E-state index contributed by atoms with van der Waals surface area (Å²) in [6, 6.07) is 6.14. The lowest BCUT2D eigenvalue weighted by atomic mass is 10.0. The average Bonchev–Trinajstić information content (AvgIpc) is 2.42. The van der Waals surface area contributed by atoms with Crippen LogP contribution in [0.3, 0.4) is 0 Å². The quantitative estimate of drug-likeness (QED) is 0.785. The lowest BCUT2D eigenvalue weighted by molar-refractivity contribution is 0.146. The fourth-order valence-corrected chi connectivity index (χ4v) is 1.93. The molecule has 1 N–H and O–H groups in total. The highest BCUT2D eigenvalue weighted by Crippen LogP contribution is 2.24. The van der Waals surface area contributed by atoms with Crippen molar-refractivity contribution in [3.05, 3.63) is 23.8 Å². The summed E-state index contributed by atoms with van der Waals surface area (Å²) in [6.45, 7) is 5.79. The van der Waals surface area contributed by atoms with Crippen LogP contribution < -0.4 is 14.8 Å². The van der Waals surface area contributed by atoms with Crippen molar-refractivity contribution < 1.29 is 14.2 Å². The summed E-state index contributed by atoms with van der Waals surface area (Å²) in [5.74, 6) is 2.22. The third-order valence-corrected chi connectivity index (χ3v) is 3.19. The van der Waals surface area contributed by atoms with E-state index in [9.17, 15) is 0 Å². The first kappa shape index (κ1) is 15.8. The van der Waals surface area contributed by atoms with Crippen LogP contribution in [-0.2, 0) is 11.3 Å². The number of benzene rings is 1. The molecule has 0 aliphatic rings. The lowest BCUT2D eigenvalue weighted by Crippen LogP contribution is -2.37. The summed E-state index contributed by atoms with van der Waals surface area (Å²) >= 11 is 0. The van der Waals surface area contributed by atoms with Crippen molar-refractivity contribution in [1.29, 1.82) is 0 Å². The molecule has 0 fully saturated rings. The number of hydrogen-bond acceptors (Lipinski definition) is 4. The second kappa shape index (κ2) is 8.02. The summed E-state index contributed by atoms with van der Waals surface area (Å²) in [7, 11) is 5.07. The number of hydrogen-bond donors (Lipinski definition) is 1. The largest absolute Gasteiger partial charge is 0.497 e. The molecule has 4 nitrogen and oxygen atoms in total. The van der Waals surface area contributed by atoms with Gasteiger partial charge in [-0.3, -0.25) is 0 Å². The molecule has 0 aliphatic heterocycles. The van der Waals surface area contributed by atoms with Crippen LogP contribution in [-0.4, -0.2) is 34.0 Å². The van der Waals surface area contributed by atoms with E-state index in [4.69, 9.17) is 14.2 Å². The molecule has 4 heteroatoms. The van der Waals surface area contributed by atoms with Crippen LogP contribution in [0.25, 0.3) is 0 Å². The zero-order chi connectivity index (χ0) is 14.3. The number of ether oxygens (including phenoxy) is 3. The van der Waals surface area contributed by atoms with E-state index in [1.54, 1.807) is 21.3 Å². The molecule has 0 radical (unpaired) electrons. The van der Waals surface area contributed by atoms with Gasteiger partial charge in [0.2, 0.25) is 0 Å². The summed E-state index contributed by atoms with van der Waals surface area (Å²) in [6.07, 6.45) is 0. The van der Waals surface area contributed by atoms with E-state index in [1.165, 1.54) is 0 Å². The van der Waals surface area contributed by atoms with E-state index in [-0.39, 0.29) is 0 Å². The number of methoxy groups -OCH3 is 3. The Kier molecular flexibility index (Phi) is 6.67. The molecule has 1 unspecified atom stereocenters. The smallest absolute Gasteiger partial charge is 0.123 e. The van der Waals surface area contributed by atoms with Gasteiger partial charge in [0.05, 0.1) is 20.8 Å². The molecule has 0 heterocycles. The van der Waals surface area contributed by atoms with Gasteiger partial charge in [0, 0.05) is 25.3 Å². The van der Waals surface area contributed by atoms with Gasteiger partial charge in [-0.1, -0.05) is 13.8 Å². The molecule has 0 aromatic heterocycles. The van der Waals surface area contributed by atoms with Crippen LogP contribution in [0.2, 0.25) is 0 Å². The normalized spacial score (nSPS) is 12.5. The van der Waals surface area contributed by atoms with E-state index in [0.717, 1.165) is 23.6 Å². The fraction of sp³-hybridized carbons (Fsp3) is 0.600. The number of rotatable bonds is 8. The summed E-state index contributed by atoms with van der Waals surface area (Å²) in [4.78, 5) is 0. The van der Waals surface area contributed by atoms with Crippen LogP contribution in [0, 0.1) is 5.92 Å². The Labute approximate surface area is 116 Å². The molecule has 0 bridgehead atoms. The van der Waals surface area contributed by atoms with E-state index in [0.29, 0.717) is 18.6 Å². The average molecular weight is 267 g/mol. The van der Waals surface area contributed by atoms with Crippen LogP contribution in [0.15, 0.2) is 18.2 Å². The fourth-order valence-electron chi connectivity index (χ4n) is 1.93. The molecule has 0 aliphatic carbocycles. The molecule has 1 aromatic rings. The third-order valence-electron chi connectivity index (χ3n) is 3.19. The van der Waals surface area contributed by atoms with Crippen LogP contribution in [0.4, 0.5) is 0 Å². The molecule has 0 saturated carbocycles. The summed E-state index contributed by atoms with van der Waals surface area (Å²) in [5.41, 5.74) is 1.09. The predicted octanol–water partition coefficient (Wildman–Crippen LogP) is 2.46. The Bertz CT molecular complexity index is 380. The molecule has 0 amide bonds. The Morgan fingerprint density at radius 1 is 1.11 bits per heavy atom. The van der Waals surface area contributed by atoms with Crippen LogP contribution in [0.5, 0.6) is 11.5 Å². The zero-order valence-corrected chi connectivity index (χ0v) is 12.5. The minimum atomic E-state index is 0.320. The summed E-state index contributed by atoms with van der Waals surface area (Å²) in [5, 5.41) is 3.50. The van der Waals surface area contributed by atoms with Gasteiger partial charge in [-0.2, -0.15) is 0 Å². The maximum Gasteiger partial charge on any atom is 0.123 e. The van der Waals surface area contributed by atoms with Crippen LogP contribution in [0.1, 0.15) is 19.4 Å². The van der Waals surface area contributed by atoms with E-state index in [2.05, 4.69) is 19.2 Å². The SMILES string of the molecule is COCC(NCc1cc(OC)ccc1OC)C(C)C. The van der Waals surface area contributed by atoms with Gasteiger partial charge in [-0.15, -0.1) is 0 Å². The third kappa shape index (κ3) is 4.73. The summed E-state index contributed by atoms with van der Waals surface area (Å²) < 4.78 is 15.9. The maximum absolute atomic E-state index is 5.37. The van der Waals surface area contributed by atoms with E-state index >= 15 is 0 Å². The molecular formula is C15H25NO3. The minimum absolute atomic E-state index is 0.320. The van der Waals surface area contributed by atoms with Crippen molar-refractivity contribution in [1.82, 2.24) is 5.32 Å². The topological polar surface area (TPSA) is 39.7 Å². The van der Waals surface area contributed by atoms with Crippen molar-refractivity contribution in [3.8, 4) is 11.5 Å². The monoisotopic (exact) mass is 267 g/mol. The first-order chi connectivity index (χ1) is 9.12. The van der Waals surface area contributed by atoms with Gasteiger partial charge in [0.25, 0.3) is 0 Å². The zero-order valence-electron chi connectivity index (χ0n) is 12.5. The van der Waals surface area contributed by atoms with E-state index < -0.39 is 0 Å². The molecule has 1 aromatic carbocycles. The Morgan fingerprint density at radius 3 is 2.37 bits per heavy atom. The second-order valence-corrected chi connectivity index (χ2v) is 4.86. The highest BCUT2D eigenvalue weighted by Gasteiger charge is 2.13. The van der Waals surface area contributed by atoms with E-state index in [1.807, 2.05) is 18.2 Å². The Hall–Kier alpha value is -1.26. The molecular weight excluding hydrogens is 242 g/mol. The van der Waals surface area contributed by atoms with Crippen molar-refractivity contribution in [2.24, 2.45) is 5.92 Å². The lowest BCUT2D eigenvalue weighted by Gasteiger charge is -2.22. The molecule has 1 rings (SSSR count). The molecule has 1 atom stereocenters. The highest BCUT2D eigenvalue weighted by molar-refractivity contribution is 5.40. The molecule has 0 saturated heterocycles. The highest BCUT2D eigenvalue weighted by atomic mass is 16.5. The van der Waals surface area contributed by atoms with Crippen LogP contribution >= 0.6 is 0 Å². The Morgan fingerprint density at radius 2 is 1.84 bits per heavy atom. The standard InChI is InChI=1S/C15H25NO3/c1-11(2)14(10-17-3)16-9-12-8-13(18-4)6-7-15(12)19-5/h6-8,11,14,16H,9-10H2,1-5H3. The van der Waals surface area contributed by atoms with Gasteiger partial charge in [0.15, 0.2) is 0 Å². The van der Waals surface area contributed by atoms with Gasteiger partial charge < -0.3 is 19.5 Å². The molecule has 108 valence electrons. The first-order valence-corrected chi connectivity index (χ1v) is 6.55. The predicted molar refractivity (Wildman–Crippen MR) is 76.9 cm³/mol. The van der Waals surface area contributed by atoms with Gasteiger partial charge in [0.1, 0.15) is 11.5 Å². The van der Waals surface area contributed by atoms with Crippen molar-refractivity contribution >= 4 is 0 Å².